The standard InChI is InChI=1S/C23H19N3O4/c27-21(24-15-17-9-3-1-4-10-17)22(28)26-25-16-19-13-7-8-14-20(19)30-23(29)18-11-5-2-6-12-18/h1-14,16H,15H2,(H,24,27)(H,26,28)/b25-16+. The molecular formula is C23H19N3O4. The number of carbonyl (C=O) groups is 3. The number of esters is 1. The van der Waals surface area contributed by atoms with Crippen LogP contribution >= 0.6 is 0 Å². The molecule has 0 spiro atoms. The first-order valence-electron chi connectivity index (χ1n) is 9.15. The van der Waals surface area contributed by atoms with Gasteiger partial charge in [0.15, 0.2) is 0 Å². The van der Waals surface area contributed by atoms with Crippen LogP contribution in [0.3, 0.4) is 0 Å². The molecule has 0 aromatic heterocycles. The third-order valence-electron chi connectivity index (χ3n) is 4.00. The molecule has 7 nitrogen and oxygen atoms in total. The Morgan fingerprint density at radius 2 is 1.43 bits per heavy atom. The quantitative estimate of drug-likeness (QED) is 0.218. The number of ether oxygens (including phenoxy) is 1. The van der Waals surface area contributed by atoms with Crippen LogP contribution in [-0.4, -0.2) is 24.0 Å². The lowest BCUT2D eigenvalue weighted by Crippen LogP contribution is -2.37. The van der Waals surface area contributed by atoms with Gasteiger partial charge in [0.2, 0.25) is 0 Å². The summed E-state index contributed by atoms with van der Waals surface area (Å²) in [6.07, 6.45) is 1.30. The molecule has 0 heterocycles. The summed E-state index contributed by atoms with van der Waals surface area (Å²) >= 11 is 0. The van der Waals surface area contributed by atoms with Crippen molar-refractivity contribution in [3.63, 3.8) is 0 Å². The molecule has 30 heavy (non-hydrogen) atoms. The molecular weight excluding hydrogens is 382 g/mol. The number of hydrogen-bond acceptors (Lipinski definition) is 5. The molecule has 0 aliphatic heterocycles. The molecule has 150 valence electrons. The minimum atomic E-state index is -0.902. The Labute approximate surface area is 173 Å². The molecule has 0 radical (unpaired) electrons. The number of hydrazone groups is 1. The first-order valence-corrected chi connectivity index (χ1v) is 9.15. The van der Waals surface area contributed by atoms with E-state index in [1.54, 1.807) is 54.6 Å². The fraction of sp³-hybridized carbons (Fsp3) is 0.0435. The van der Waals surface area contributed by atoms with E-state index in [2.05, 4.69) is 15.8 Å². The van der Waals surface area contributed by atoms with Crippen LogP contribution < -0.4 is 15.5 Å². The Hall–Kier alpha value is -4.26. The van der Waals surface area contributed by atoms with E-state index in [1.165, 1.54) is 6.21 Å². The molecule has 0 bridgehead atoms. The largest absolute Gasteiger partial charge is 0.422 e. The third kappa shape index (κ3) is 5.87. The number of carbonyl (C=O) groups excluding carboxylic acids is 3. The first-order chi connectivity index (χ1) is 14.6. The van der Waals surface area contributed by atoms with Crippen molar-refractivity contribution in [2.24, 2.45) is 5.10 Å². The molecule has 0 fully saturated rings. The molecule has 3 aromatic carbocycles. The monoisotopic (exact) mass is 401 g/mol. The van der Waals surface area contributed by atoms with Crippen molar-refractivity contribution in [3.8, 4) is 5.75 Å². The minimum absolute atomic E-state index is 0.231. The lowest BCUT2D eigenvalue weighted by Gasteiger charge is -2.07. The molecule has 3 aromatic rings. The SMILES string of the molecule is O=C(NCc1ccccc1)C(=O)N/N=C/c1ccccc1OC(=O)c1ccccc1. The third-order valence-corrected chi connectivity index (χ3v) is 4.00. The maximum absolute atomic E-state index is 12.2. The fourth-order valence-corrected chi connectivity index (χ4v) is 2.48. The molecule has 0 saturated carbocycles. The van der Waals surface area contributed by atoms with Gasteiger partial charge in [-0.05, 0) is 29.8 Å². The Morgan fingerprint density at radius 3 is 2.17 bits per heavy atom. The highest BCUT2D eigenvalue weighted by molar-refractivity contribution is 6.35. The van der Waals surface area contributed by atoms with Crippen LogP contribution in [0.25, 0.3) is 0 Å². The summed E-state index contributed by atoms with van der Waals surface area (Å²) in [6.45, 7) is 0.231. The van der Waals surface area contributed by atoms with Crippen molar-refractivity contribution in [2.75, 3.05) is 0 Å². The number of nitrogens with zero attached hydrogens (tertiary/aromatic N) is 1. The predicted octanol–water partition coefficient (Wildman–Crippen LogP) is 2.67. The van der Waals surface area contributed by atoms with Crippen LogP contribution in [0.1, 0.15) is 21.5 Å². The van der Waals surface area contributed by atoms with E-state index >= 15 is 0 Å². The van der Waals surface area contributed by atoms with Gasteiger partial charge in [0.25, 0.3) is 0 Å². The number of amides is 2. The summed E-state index contributed by atoms with van der Waals surface area (Å²) in [7, 11) is 0. The van der Waals surface area contributed by atoms with E-state index in [1.807, 2.05) is 30.3 Å². The van der Waals surface area contributed by atoms with Gasteiger partial charge in [-0.15, -0.1) is 0 Å². The fourth-order valence-electron chi connectivity index (χ4n) is 2.48. The number of nitrogens with one attached hydrogen (secondary N) is 2. The second-order valence-electron chi connectivity index (χ2n) is 6.16. The van der Waals surface area contributed by atoms with Gasteiger partial charge < -0.3 is 10.1 Å². The van der Waals surface area contributed by atoms with E-state index in [0.717, 1.165) is 5.56 Å². The normalized spacial score (nSPS) is 10.4. The lowest BCUT2D eigenvalue weighted by atomic mass is 10.2. The summed E-state index contributed by atoms with van der Waals surface area (Å²) in [5.41, 5.74) is 3.90. The van der Waals surface area contributed by atoms with Gasteiger partial charge in [0.1, 0.15) is 5.75 Å². The zero-order valence-corrected chi connectivity index (χ0v) is 15.9. The molecule has 0 aliphatic carbocycles. The summed E-state index contributed by atoms with van der Waals surface area (Å²) < 4.78 is 5.40. The van der Waals surface area contributed by atoms with E-state index < -0.39 is 17.8 Å². The van der Waals surface area contributed by atoms with Gasteiger partial charge in [-0.25, -0.2) is 10.2 Å². The number of para-hydroxylation sites is 1. The predicted molar refractivity (Wildman–Crippen MR) is 112 cm³/mol. The first kappa shape index (κ1) is 20.5. The molecule has 3 rings (SSSR count). The lowest BCUT2D eigenvalue weighted by molar-refractivity contribution is -0.139. The highest BCUT2D eigenvalue weighted by Crippen LogP contribution is 2.17. The topological polar surface area (TPSA) is 96.9 Å². The van der Waals surface area contributed by atoms with E-state index in [-0.39, 0.29) is 12.3 Å². The van der Waals surface area contributed by atoms with Crippen LogP contribution in [0.2, 0.25) is 0 Å². The highest BCUT2D eigenvalue weighted by Gasteiger charge is 2.13. The van der Waals surface area contributed by atoms with Crippen LogP contribution in [0, 0.1) is 0 Å². The number of hydrogen-bond donors (Lipinski definition) is 2. The Morgan fingerprint density at radius 1 is 0.800 bits per heavy atom. The molecule has 2 amide bonds. The molecule has 0 unspecified atom stereocenters. The van der Waals surface area contributed by atoms with Crippen LogP contribution in [0.5, 0.6) is 5.75 Å². The highest BCUT2D eigenvalue weighted by atomic mass is 16.5. The zero-order valence-electron chi connectivity index (χ0n) is 15.9. The van der Waals surface area contributed by atoms with E-state index in [4.69, 9.17) is 4.74 Å². The smallest absolute Gasteiger partial charge is 0.343 e. The summed E-state index contributed by atoms with van der Waals surface area (Å²) in [5, 5.41) is 6.29. The maximum atomic E-state index is 12.2. The van der Waals surface area contributed by atoms with Crippen molar-refractivity contribution >= 4 is 24.0 Å². The van der Waals surface area contributed by atoms with E-state index in [0.29, 0.717) is 11.1 Å². The maximum Gasteiger partial charge on any atom is 0.343 e. The Kier molecular flexibility index (Phi) is 7.05. The van der Waals surface area contributed by atoms with Crippen LogP contribution in [-0.2, 0) is 16.1 Å². The zero-order chi connectivity index (χ0) is 21.2. The number of benzene rings is 3. The second kappa shape index (κ2) is 10.3. The second-order valence-corrected chi connectivity index (χ2v) is 6.16. The van der Waals surface area contributed by atoms with Crippen molar-refractivity contribution in [3.05, 3.63) is 102 Å². The van der Waals surface area contributed by atoms with Crippen molar-refractivity contribution in [1.29, 1.82) is 0 Å². The van der Waals surface area contributed by atoms with Gasteiger partial charge >= 0.3 is 17.8 Å². The number of rotatable bonds is 6. The average Bonchev–Trinajstić information content (AvgIpc) is 2.79. The summed E-state index contributed by atoms with van der Waals surface area (Å²) in [4.78, 5) is 36.0. The summed E-state index contributed by atoms with van der Waals surface area (Å²) in [5.74, 6) is -1.95. The molecule has 2 N–H and O–H groups in total. The molecule has 0 saturated heterocycles. The molecule has 0 atom stereocenters. The van der Waals surface area contributed by atoms with Gasteiger partial charge in [-0.1, -0.05) is 60.7 Å². The van der Waals surface area contributed by atoms with Crippen molar-refractivity contribution in [1.82, 2.24) is 10.7 Å². The average molecular weight is 401 g/mol. The molecule has 7 heteroatoms. The minimum Gasteiger partial charge on any atom is -0.422 e. The van der Waals surface area contributed by atoms with Crippen LogP contribution in [0.4, 0.5) is 0 Å². The van der Waals surface area contributed by atoms with Gasteiger partial charge in [-0.2, -0.15) is 5.10 Å². The molecule has 0 aliphatic rings. The van der Waals surface area contributed by atoms with Gasteiger partial charge in [0, 0.05) is 12.1 Å². The van der Waals surface area contributed by atoms with Crippen LogP contribution in [0.15, 0.2) is 90.0 Å². The van der Waals surface area contributed by atoms with Crippen molar-refractivity contribution < 1.29 is 19.1 Å². The summed E-state index contributed by atoms with van der Waals surface area (Å²) in [6, 6.07) is 24.5. The van der Waals surface area contributed by atoms with Gasteiger partial charge in [-0.3, -0.25) is 9.59 Å². The Bertz CT molecular complexity index is 1050. The Balaban J connectivity index is 1.56. The van der Waals surface area contributed by atoms with E-state index in [9.17, 15) is 14.4 Å². The van der Waals surface area contributed by atoms with Crippen molar-refractivity contribution in [2.45, 2.75) is 6.54 Å². The van der Waals surface area contributed by atoms with Gasteiger partial charge in [0.05, 0.1) is 11.8 Å².